The molecule has 4 heteroatoms. The maximum absolute atomic E-state index is 6.18. The van der Waals surface area contributed by atoms with Crippen LogP contribution in [0.5, 0.6) is 0 Å². The summed E-state index contributed by atoms with van der Waals surface area (Å²) < 4.78 is 0. The van der Waals surface area contributed by atoms with E-state index in [4.69, 9.17) is 17.3 Å². The van der Waals surface area contributed by atoms with Gasteiger partial charge in [0.05, 0.1) is 5.02 Å². The molecule has 0 atom stereocenters. The lowest BCUT2D eigenvalue weighted by Gasteiger charge is -2.15. The number of anilines is 1. The van der Waals surface area contributed by atoms with Gasteiger partial charge >= 0.3 is 0 Å². The van der Waals surface area contributed by atoms with Crippen LogP contribution in [-0.2, 0) is 12.8 Å². The summed E-state index contributed by atoms with van der Waals surface area (Å²) in [4.78, 5) is 9.05. The number of nitrogen functional groups attached to an aromatic ring is 1. The number of hydrogen-bond donors (Lipinski definition) is 1. The van der Waals surface area contributed by atoms with E-state index < -0.39 is 0 Å². The lowest BCUT2D eigenvalue weighted by atomic mass is 9.97. The Morgan fingerprint density at radius 1 is 1.17 bits per heavy atom. The molecule has 18 heavy (non-hydrogen) atoms. The number of fused-ring (bicyclic) bond motifs is 1. The molecule has 0 fully saturated rings. The average Bonchev–Trinajstić information content (AvgIpc) is 2.41. The zero-order valence-corrected chi connectivity index (χ0v) is 10.7. The monoisotopic (exact) mass is 259 g/mol. The van der Waals surface area contributed by atoms with Crippen LogP contribution in [-0.4, -0.2) is 9.97 Å². The van der Waals surface area contributed by atoms with Crippen molar-refractivity contribution in [3.8, 4) is 11.4 Å². The van der Waals surface area contributed by atoms with Crippen LogP contribution in [0.4, 0.5) is 5.69 Å². The summed E-state index contributed by atoms with van der Waals surface area (Å²) >= 11 is 6.18. The average molecular weight is 260 g/mol. The lowest BCUT2D eigenvalue weighted by Crippen LogP contribution is -2.07. The van der Waals surface area contributed by atoms with E-state index in [0.717, 1.165) is 24.1 Å². The molecule has 0 unspecified atom stereocenters. The van der Waals surface area contributed by atoms with Crippen molar-refractivity contribution in [3.05, 3.63) is 40.7 Å². The second kappa shape index (κ2) is 4.58. The zero-order valence-electron chi connectivity index (χ0n) is 9.99. The molecule has 1 heterocycles. The highest BCUT2D eigenvalue weighted by atomic mass is 35.5. The minimum absolute atomic E-state index is 0.639. The predicted octanol–water partition coefficient (Wildman–Crippen LogP) is 3.26. The standard InChI is InChI=1S/C14H14ClN3/c15-12-6-5-10(16)7-11(12)14-17-8-9-3-1-2-4-13(9)18-14/h5-8H,1-4,16H2. The van der Waals surface area contributed by atoms with Gasteiger partial charge in [-0.25, -0.2) is 9.97 Å². The van der Waals surface area contributed by atoms with Crippen LogP contribution < -0.4 is 5.73 Å². The van der Waals surface area contributed by atoms with Crippen molar-refractivity contribution in [2.75, 3.05) is 5.73 Å². The molecule has 0 bridgehead atoms. The van der Waals surface area contributed by atoms with Crippen molar-refractivity contribution in [3.63, 3.8) is 0 Å². The molecule has 3 nitrogen and oxygen atoms in total. The summed E-state index contributed by atoms with van der Waals surface area (Å²) in [6.07, 6.45) is 6.48. The lowest BCUT2D eigenvalue weighted by molar-refractivity contribution is 0.663. The fraction of sp³-hybridized carbons (Fsp3) is 0.286. The highest BCUT2D eigenvalue weighted by molar-refractivity contribution is 6.33. The first-order chi connectivity index (χ1) is 8.74. The molecule has 1 aromatic heterocycles. The molecule has 1 aliphatic carbocycles. The number of rotatable bonds is 1. The van der Waals surface area contributed by atoms with Crippen LogP contribution in [0, 0.1) is 0 Å². The Bertz CT molecular complexity index is 596. The molecule has 0 saturated heterocycles. The van der Waals surface area contributed by atoms with Gasteiger partial charge in [-0.05, 0) is 49.4 Å². The van der Waals surface area contributed by atoms with Gasteiger partial charge in [0.15, 0.2) is 5.82 Å². The molecule has 0 amide bonds. The number of halogens is 1. The molecule has 2 aromatic rings. The summed E-state index contributed by atoms with van der Waals surface area (Å²) in [5, 5.41) is 0.639. The van der Waals surface area contributed by atoms with E-state index in [1.807, 2.05) is 12.3 Å². The van der Waals surface area contributed by atoms with Crippen molar-refractivity contribution >= 4 is 17.3 Å². The summed E-state index contributed by atoms with van der Waals surface area (Å²) in [5.41, 5.74) is 9.70. The minimum Gasteiger partial charge on any atom is -0.399 e. The van der Waals surface area contributed by atoms with E-state index in [0.29, 0.717) is 16.5 Å². The van der Waals surface area contributed by atoms with Gasteiger partial charge in [0.25, 0.3) is 0 Å². The first kappa shape index (κ1) is 11.5. The van der Waals surface area contributed by atoms with E-state index in [1.54, 1.807) is 12.1 Å². The van der Waals surface area contributed by atoms with E-state index in [-0.39, 0.29) is 0 Å². The van der Waals surface area contributed by atoms with Crippen molar-refractivity contribution in [1.82, 2.24) is 9.97 Å². The van der Waals surface area contributed by atoms with E-state index in [2.05, 4.69) is 9.97 Å². The van der Waals surface area contributed by atoms with Crippen LogP contribution in [0.3, 0.4) is 0 Å². The van der Waals surface area contributed by atoms with Crippen molar-refractivity contribution in [2.45, 2.75) is 25.7 Å². The van der Waals surface area contributed by atoms with E-state index in [1.165, 1.54) is 18.4 Å². The smallest absolute Gasteiger partial charge is 0.160 e. The molecule has 0 saturated carbocycles. The van der Waals surface area contributed by atoms with Crippen molar-refractivity contribution in [2.24, 2.45) is 0 Å². The highest BCUT2D eigenvalue weighted by Crippen LogP contribution is 2.29. The molecule has 0 aliphatic heterocycles. The summed E-state index contributed by atoms with van der Waals surface area (Å²) in [6, 6.07) is 5.39. The third-order valence-electron chi connectivity index (χ3n) is 3.30. The Labute approximate surface area is 111 Å². The van der Waals surface area contributed by atoms with Gasteiger partial charge in [0.1, 0.15) is 0 Å². The quantitative estimate of drug-likeness (QED) is 0.800. The predicted molar refractivity (Wildman–Crippen MR) is 73.5 cm³/mol. The van der Waals surface area contributed by atoms with Crippen LogP contribution in [0.15, 0.2) is 24.4 Å². The fourth-order valence-electron chi connectivity index (χ4n) is 2.32. The first-order valence-corrected chi connectivity index (χ1v) is 6.52. The van der Waals surface area contributed by atoms with Gasteiger partial charge < -0.3 is 5.73 Å². The van der Waals surface area contributed by atoms with Gasteiger partial charge in [-0.2, -0.15) is 0 Å². The van der Waals surface area contributed by atoms with Crippen LogP contribution in [0.25, 0.3) is 11.4 Å². The van der Waals surface area contributed by atoms with Gasteiger partial charge in [0.2, 0.25) is 0 Å². The Morgan fingerprint density at radius 2 is 2.00 bits per heavy atom. The molecule has 3 rings (SSSR count). The third kappa shape index (κ3) is 2.06. The fourth-order valence-corrected chi connectivity index (χ4v) is 2.52. The Morgan fingerprint density at radius 3 is 2.89 bits per heavy atom. The van der Waals surface area contributed by atoms with Gasteiger partial charge in [-0.15, -0.1) is 0 Å². The van der Waals surface area contributed by atoms with Crippen molar-refractivity contribution < 1.29 is 0 Å². The maximum Gasteiger partial charge on any atom is 0.160 e. The molecule has 92 valence electrons. The van der Waals surface area contributed by atoms with Gasteiger partial charge in [-0.3, -0.25) is 0 Å². The molecule has 1 aliphatic rings. The number of hydrogen-bond acceptors (Lipinski definition) is 3. The van der Waals surface area contributed by atoms with E-state index >= 15 is 0 Å². The Kier molecular flexibility index (Phi) is 2.92. The topological polar surface area (TPSA) is 51.8 Å². The molecular formula is C14H14ClN3. The third-order valence-corrected chi connectivity index (χ3v) is 3.62. The molecule has 2 N–H and O–H groups in total. The van der Waals surface area contributed by atoms with Crippen molar-refractivity contribution in [1.29, 1.82) is 0 Å². The maximum atomic E-state index is 6.18. The summed E-state index contributed by atoms with van der Waals surface area (Å²) in [6.45, 7) is 0. The Balaban J connectivity index is 2.09. The van der Waals surface area contributed by atoms with Crippen LogP contribution in [0.2, 0.25) is 5.02 Å². The minimum atomic E-state index is 0.639. The van der Waals surface area contributed by atoms with Gasteiger partial charge in [0, 0.05) is 23.1 Å². The van der Waals surface area contributed by atoms with E-state index in [9.17, 15) is 0 Å². The highest BCUT2D eigenvalue weighted by Gasteiger charge is 2.14. The number of aryl methyl sites for hydroxylation is 2. The molecule has 1 aromatic carbocycles. The Hall–Kier alpha value is -1.61. The molecule has 0 spiro atoms. The van der Waals surface area contributed by atoms with Crippen LogP contribution in [0.1, 0.15) is 24.1 Å². The number of aromatic nitrogens is 2. The first-order valence-electron chi connectivity index (χ1n) is 6.14. The number of nitrogens with zero attached hydrogens (tertiary/aromatic N) is 2. The summed E-state index contributed by atoms with van der Waals surface area (Å²) in [5.74, 6) is 0.674. The number of benzene rings is 1. The summed E-state index contributed by atoms with van der Waals surface area (Å²) in [7, 11) is 0. The molecule has 0 radical (unpaired) electrons. The SMILES string of the molecule is Nc1ccc(Cl)c(-c2ncc3c(n2)CCCC3)c1. The normalized spacial score (nSPS) is 14.3. The number of nitrogens with two attached hydrogens (primary N) is 1. The largest absolute Gasteiger partial charge is 0.399 e. The van der Waals surface area contributed by atoms with Gasteiger partial charge in [-0.1, -0.05) is 11.6 Å². The second-order valence-corrected chi connectivity index (χ2v) is 5.02. The van der Waals surface area contributed by atoms with Crippen LogP contribution >= 0.6 is 11.6 Å². The molecular weight excluding hydrogens is 246 g/mol. The second-order valence-electron chi connectivity index (χ2n) is 4.61. The zero-order chi connectivity index (χ0) is 12.5.